The molecule has 2 aromatic carbocycles. The van der Waals surface area contributed by atoms with Crippen molar-refractivity contribution in [1.29, 1.82) is 0 Å². The van der Waals surface area contributed by atoms with Crippen molar-refractivity contribution in [2.45, 2.75) is 11.8 Å². The second-order valence-electron chi connectivity index (χ2n) is 4.60. The van der Waals surface area contributed by atoms with Gasteiger partial charge in [0.25, 0.3) is 0 Å². The van der Waals surface area contributed by atoms with Crippen molar-refractivity contribution in [1.82, 2.24) is 0 Å². The molecule has 0 atom stereocenters. The first-order valence-corrected chi connectivity index (χ1v) is 7.67. The maximum absolute atomic E-state index is 11.7. The average molecular weight is 302 g/mol. The van der Waals surface area contributed by atoms with Gasteiger partial charge in [0.1, 0.15) is 0 Å². The van der Waals surface area contributed by atoms with Gasteiger partial charge in [-0.15, -0.1) is 11.8 Å². The summed E-state index contributed by atoms with van der Waals surface area (Å²) < 4.78 is 4.76. The van der Waals surface area contributed by atoms with Crippen LogP contribution < -0.4 is 11.1 Å². The number of carbonyl (C=O) groups excluding carboxylic acids is 1. The summed E-state index contributed by atoms with van der Waals surface area (Å²) in [5.74, 6) is -0.433. The number of thioether (sulfide) groups is 1. The molecule has 5 heteroatoms. The number of hydrogen-bond acceptors (Lipinski definition) is 5. The summed E-state index contributed by atoms with van der Waals surface area (Å²) in [5.41, 5.74) is 9.34. The highest BCUT2D eigenvalue weighted by Crippen LogP contribution is 2.26. The highest BCUT2D eigenvalue weighted by molar-refractivity contribution is 7.98. The second-order valence-corrected chi connectivity index (χ2v) is 5.48. The summed E-state index contributed by atoms with van der Waals surface area (Å²) in [5, 5.41) is 3.27. The third-order valence-corrected chi connectivity index (χ3v) is 3.91. The van der Waals surface area contributed by atoms with E-state index in [1.165, 1.54) is 12.0 Å². The van der Waals surface area contributed by atoms with E-state index >= 15 is 0 Å². The van der Waals surface area contributed by atoms with E-state index in [1.807, 2.05) is 43.5 Å². The van der Waals surface area contributed by atoms with Crippen molar-refractivity contribution in [3.8, 4) is 0 Å². The van der Waals surface area contributed by atoms with Gasteiger partial charge in [-0.2, -0.15) is 0 Å². The van der Waals surface area contributed by atoms with Gasteiger partial charge in [0.15, 0.2) is 0 Å². The van der Waals surface area contributed by atoms with E-state index in [0.717, 1.165) is 16.9 Å². The van der Waals surface area contributed by atoms with E-state index in [1.54, 1.807) is 17.8 Å². The van der Waals surface area contributed by atoms with Crippen LogP contribution in [0.15, 0.2) is 41.3 Å². The fourth-order valence-corrected chi connectivity index (χ4v) is 2.40. The maximum atomic E-state index is 11.7. The Bertz CT molecular complexity index is 654. The van der Waals surface area contributed by atoms with E-state index in [4.69, 9.17) is 10.5 Å². The highest BCUT2D eigenvalue weighted by Gasteiger charge is 2.13. The van der Waals surface area contributed by atoms with Crippen LogP contribution in [0.4, 0.5) is 17.1 Å². The lowest BCUT2D eigenvalue weighted by Gasteiger charge is -2.12. The Balaban J connectivity index is 2.31. The van der Waals surface area contributed by atoms with Crippen molar-refractivity contribution in [2.24, 2.45) is 0 Å². The lowest BCUT2D eigenvalue weighted by Crippen LogP contribution is -2.08. The average Bonchev–Trinajstić information content (AvgIpc) is 2.50. The smallest absolute Gasteiger partial charge is 0.340 e. The number of esters is 1. The Morgan fingerprint density at radius 1 is 1.19 bits per heavy atom. The first kappa shape index (κ1) is 15.3. The molecule has 0 saturated heterocycles. The van der Waals surface area contributed by atoms with E-state index in [2.05, 4.69) is 5.32 Å². The van der Waals surface area contributed by atoms with E-state index < -0.39 is 5.97 Å². The molecule has 0 bridgehead atoms. The number of ether oxygens (including phenoxy) is 1. The molecule has 0 spiro atoms. The van der Waals surface area contributed by atoms with Crippen LogP contribution in [0.25, 0.3) is 0 Å². The zero-order valence-electron chi connectivity index (χ0n) is 12.3. The lowest BCUT2D eigenvalue weighted by molar-refractivity contribution is 0.0602. The lowest BCUT2D eigenvalue weighted by atomic mass is 10.1. The Morgan fingerprint density at radius 2 is 1.86 bits per heavy atom. The normalized spacial score (nSPS) is 10.2. The minimum Gasteiger partial charge on any atom is -0.465 e. The third kappa shape index (κ3) is 3.49. The van der Waals surface area contributed by atoms with E-state index in [9.17, 15) is 4.79 Å². The molecule has 21 heavy (non-hydrogen) atoms. The van der Waals surface area contributed by atoms with Gasteiger partial charge >= 0.3 is 5.97 Å². The first-order valence-electron chi connectivity index (χ1n) is 6.44. The molecule has 0 aliphatic carbocycles. The highest BCUT2D eigenvalue weighted by atomic mass is 32.2. The van der Waals surface area contributed by atoms with E-state index in [-0.39, 0.29) is 0 Å². The van der Waals surface area contributed by atoms with Crippen LogP contribution in [0, 0.1) is 6.92 Å². The van der Waals surface area contributed by atoms with Crippen LogP contribution >= 0.6 is 11.8 Å². The molecule has 3 N–H and O–H groups in total. The van der Waals surface area contributed by atoms with Crippen molar-refractivity contribution in [3.63, 3.8) is 0 Å². The number of nitrogens with two attached hydrogens (primary N) is 1. The third-order valence-electron chi connectivity index (χ3n) is 3.17. The largest absolute Gasteiger partial charge is 0.465 e. The van der Waals surface area contributed by atoms with Crippen molar-refractivity contribution < 1.29 is 9.53 Å². The number of anilines is 3. The Labute approximate surface area is 128 Å². The molecule has 2 aromatic rings. The molecule has 110 valence electrons. The fourth-order valence-electron chi connectivity index (χ4n) is 1.99. The molecule has 0 aromatic heterocycles. The fraction of sp³-hybridized carbons (Fsp3) is 0.188. The number of benzene rings is 2. The molecular weight excluding hydrogens is 284 g/mol. The van der Waals surface area contributed by atoms with Crippen LogP contribution in [-0.4, -0.2) is 19.3 Å². The molecule has 0 heterocycles. The van der Waals surface area contributed by atoms with Gasteiger partial charge < -0.3 is 15.8 Å². The molecule has 0 unspecified atom stereocenters. The molecule has 2 rings (SSSR count). The molecule has 0 aliphatic heterocycles. The standard InChI is InChI=1S/C16H18N2O2S/c1-10-8-12(9-14(15(10)17)16(19)20-2)18-11-4-6-13(21-3)7-5-11/h4-9,18H,17H2,1-3H3. The summed E-state index contributed by atoms with van der Waals surface area (Å²) in [6.07, 6.45) is 2.04. The summed E-state index contributed by atoms with van der Waals surface area (Å²) in [4.78, 5) is 12.9. The Hall–Kier alpha value is -2.14. The first-order chi connectivity index (χ1) is 10.0. The monoisotopic (exact) mass is 302 g/mol. The minimum absolute atomic E-state index is 0.376. The quantitative estimate of drug-likeness (QED) is 0.510. The summed E-state index contributed by atoms with van der Waals surface area (Å²) in [7, 11) is 1.35. The molecule has 0 saturated carbocycles. The van der Waals surface area contributed by atoms with Gasteiger partial charge in [-0.1, -0.05) is 0 Å². The van der Waals surface area contributed by atoms with E-state index in [0.29, 0.717) is 11.3 Å². The number of hydrogen-bond donors (Lipinski definition) is 2. The van der Waals surface area contributed by atoms with Gasteiger partial charge in [-0.25, -0.2) is 4.79 Å². The van der Waals surface area contributed by atoms with Crippen molar-refractivity contribution in [3.05, 3.63) is 47.5 Å². The minimum atomic E-state index is -0.433. The van der Waals surface area contributed by atoms with Crippen molar-refractivity contribution >= 4 is 34.8 Å². The Morgan fingerprint density at radius 3 is 2.43 bits per heavy atom. The number of aryl methyl sites for hydroxylation is 1. The summed E-state index contributed by atoms with van der Waals surface area (Å²) >= 11 is 1.69. The summed E-state index contributed by atoms with van der Waals surface area (Å²) in [6, 6.07) is 11.7. The van der Waals surface area contributed by atoms with Crippen LogP contribution in [0.1, 0.15) is 15.9 Å². The van der Waals surface area contributed by atoms with Crippen LogP contribution in [-0.2, 0) is 4.74 Å². The predicted molar refractivity (Wildman–Crippen MR) is 88.4 cm³/mol. The number of methoxy groups -OCH3 is 1. The second kappa shape index (κ2) is 6.54. The molecule has 0 aliphatic rings. The Kier molecular flexibility index (Phi) is 4.75. The van der Waals surface area contributed by atoms with Gasteiger partial charge in [-0.3, -0.25) is 0 Å². The van der Waals surface area contributed by atoms with Gasteiger partial charge in [0.2, 0.25) is 0 Å². The zero-order valence-corrected chi connectivity index (χ0v) is 13.1. The number of nitrogen functional groups attached to an aromatic ring is 1. The molecule has 0 fully saturated rings. The summed E-state index contributed by atoms with van der Waals surface area (Å²) in [6.45, 7) is 1.86. The van der Waals surface area contributed by atoms with Gasteiger partial charge in [0, 0.05) is 22.0 Å². The molecule has 0 radical (unpaired) electrons. The maximum Gasteiger partial charge on any atom is 0.340 e. The van der Waals surface area contributed by atoms with Gasteiger partial charge in [-0.05, 0) is 55.1 Å². The number of carbonyl (C=O) groups is 1. The predicted octanol–water partition coefficient (Wildman–Crippen LogP) is 3.83. The zero-order chi connectivity index (χ0) is 15.4. The number of rotatable bonds is 4. The van der Waals surface area contributed by atoms with Crippen LogP contribution in [0.2, 0.25) is 0 Å². The molecule has 0 amide bonds. The molecular formula is C16H18N2O2S. The topological polar surface area (TPSA) is 64.3 Å². The van der Waals surface area contributed by atoms with Crippen LogP contribution in [0.5, 0.6) is 0 Å². The van der Waals surface area contributed by atoms with Crippen molar-refractivity contribution in [2.75, 3.05) is 24.4 Å². The SMILES string of the molecule is COC(=O)c1cc(Nc2ccc(SC)cc2)cc(C)c1N. The molecule has 4 nitrogen and oxygen atoms in total. The number of nitrogens with one attached hydrogen (secondary N) is 1. The van der Waals surface area contributed by atoms with Crippen LogP contribution in [0.3, 0.4) is 0 Å². The van der Waals surface area contributed by atoms with Gasteiger partial charge in [0.05, 0.1) is 12.7 Å².